The third-order valence-corrected chi connectivity index (χ3v) is 14.5. The Bertz CT molecular complexity index is 2790. The molecule has 0 spiro atoms. The Labute approximate surface area is 441 Å². The summed E-state index contributed by atoms with van der Waals surface area (Å²) in [5.74, 6) is -0.970. The number of aliphatic hydroxyl groups is 1. The number of unbranched alkanes of at least 4 members (excludes halogenated alkanes) is 6. The van der Waals surface area contributed by atoms with Crippen molar-refractivity contribution in [3.8, 4) is 34.5 Å². The van der Waals surface area contributed by atoms with Gasteiger partial charge in [0.1, 0.15) is 34.5 Å². The first-order valence-corrected chi connectivity index (χ1v) is 26.9. The predicted molar refractivity (Wildman–Crippen MR) is 283 cm³/mol. The van der Waals surface area contributed by atoms with Crippen LogP contribution in [0.2, 0.25) is 0 Å². The summed E-state index contributed by atoms with van der Waals surface area (Å²) in [6.07, 6.45) is 13.3. The van der Waals surface area contributed by atoms with Gasteiger partial charge in [0.25, 0.3) is 0 Å². The number of thiazole rings is 1. The van der Waals surface area contributed by atoms with E-state index in [0.29, 0.717) is 105 Å². The quantitative estimate of drug-likeness (QED) is 0.0137. The Balaban J connectivity index is 0.891. The monoisotopic (exact) mass is 1050 g/mol. The molecule has 7 rings (SSSR count). The van der Waals surface area contributed by atoms with E-state index in [0.717, 1.165) is 67.7 Å². The van der Waals surface area contributed by atoms with E-state index in [9.17, 15) is 24.0 Å². The van der Waals surface area contributed by atoms with Crippen molar-refractivity contribution in [2.24, 2.45) is 40.9 Å². The number of aryl methyl sites for hydroxylation is 1. The van der Waals surface area contributed by atoms with Gasteiger partial charge in [-0.3, -0.25) is 19.2 Å². The smallest absolute Gasteiger partial charge is 0.330 e. The zero-order valence-electron chi connectivity index (χ0n) is 42.6. The number of rotatable bonds is 26. The van der Waals surface area contributed by atoms with Crippen LogP contribution in [0.4, 0.5) is 0 Å². The van der Waals surface area contributed by atoms with E-state index in [1.165, 1.54) is 17.6 Å². The minimum atomic E-state index is -0.457. The number of carbonyl (C=O) groups excluding carboxylic acids is 5. The number of aromatic nitrogens is 1. The Morgan fingerprint density at radius 3 is 1.55 bits per heavy atom. The molecule has 0 atom stereocenters. The maximum absolute atomic E-state index is 13.7. The lowest BCUT2D eigenvalue weighted by atomic mass is 9.82. The average Bonchev–Trinajstić information content (AvgIpc) is 3.75. The maximum Gasteiger partial charge on any atom is 0.330 e. The van der Waals surface area contributed by atoms with Gasteiger partial charge < -0.3 is 42.8 Å². The van der Waals surface area contributed by atoms with Crippen molar-refractivity contribution in [2.45, 2.75) is 103 Å². The zero-order valence-corrected chi connectivity index (χ0v) is 43.4. The van der Waals surface area contributed by atoms with Crippen molar-refractivity contribution in [3.63, 3.8) is 0 Å². The molecule has 16 nitrogen and oxygen atoms in total. The number of esters is 5. The van der Waals surface area contributed by atoms with Crippen LogP contribution < -0.4 is 33.2 Å². The number of hydrogen-bond acceptors (Lipinski definition) is 16. The molecule has 0 unspecified atom stereocenters. The summed E-state index contributed by atoms with van der Waals surface area (Å²) in [6.45, 7) is 5.06. The molecule has 2 fully saturated rings. The molecule has 5 aromatic rings. The maximum atomic E-state index is 13.7. The molecule has 0 aliphatic heterocycles. The molecule has 75 heavy (non-hydrogen) atoms. The highest BCUT2D eigenvalue weighted by Crippen LogP contribution is 2.35. The number of nitrogens with zero attached hydrogens (tertiary/aromatic N) is 3. The van der Waals surface area contributed by atoms with E-state index >= 15 is 0 Å². The second kappa shape index (κ2) is 29.1. The second-order valence-corrected chi connectivity index (χ2v) is 19.8. The molecule has 17 heteroatoms. The lowest BCUT2D eigenvalue weighted by Crippen LogP contribution is -2.30. The molecule has 4 aromatic carbocycles. The minimum absolute atomic E-state index is 0.202. The second-order valence-electron chi connectivity index (χ2n) is 18.8. The molecule has 2 aliphatic rings. The highest BCUT2D eigenvalue weighted by Gasteiger charge is 2.34. The first-order chi connectivity index (χ1) is 36.6. The van der Waals surface area contributed by atoms with E-state index in [4.69, 9.17) is 38.3 Å². The first-order valence-electron chi connectivity index (χ1n) is 26.0. The van der Waals surface area contributed by atoms with Crippen LogP contribution in [0.1, 0.15) is 108 Å². The summed E-state index contributed by atoms with van der Waals surface area (Å²) < 4.78 is 42.9. The standard InChI is InChI=1S/C58H67N3O13S/c1-3-53(63)70-37-13-7-6-12-36-69-46-26-30-48(31-27-46)72-55(65)41-20-22-43(23-21-41)57(67)74-51-33-32-49(38-44(51)39-59-60-58-61(2)50-14-8-9-15-52(50)75-58)73-56(66)42-18-16-40(17-19-42)54(64)71-47-28-24-45(25-29-47)68-35-11-5-4-10-34-62/h3,8-9,14-15,24-33,38-43,62H,1,4-7,10-13,16-23,34-37H2,2H3/b59-39+,60-58+. The zero-order chi connectivity index (χ0) is 52.8. The number of carbonyl (C=O) groups is 5. The van der Waals surface area contributed by atoms with Gasteiger partial charge in [-0.2, -0.15) is 5.10 Å². The molecule has 0 saturated heterocycles. The fourth-order valence-electron chi connectivity index (χ4n) is 8.97. The highest BCUT2D eigenvalue weighted by molar-refractivity contribution is 7.16. The van der Waals surface area contributed by atoms with Crippen molar-refractivity contribution in [1.82, 2.24) is 4.57 Å². The van der Waals surface area contributed by atoms with Crippen LogP contribution in [0.5, 0.6) is 34.5 Å². The number of benzene rings is 4. The normalized spacial score (nSPS) is 17.8. The van der Waals surface area contributed by atoms with Gasteiger partial charge in [-0.25, -0.2) is 4.79 Å². The Morgan fingerprint density at radius 2 is 1.04 bits per heavy atom. The number of para-hydroxylation sites is 1. The summed E-state index contributed by atoms with van der Waals surface area (Å²) in [5.41, 5.74) is 1.38. The lowest BCUT2D eigenvalue weighted by Gasteiger charge is -2.26. The van der Waals surface area contributed by atoms with Gasteiger partial charge in [-0.05, 0) is 175 Å². The largest absolute Gasteiger partial charge is 0.494 e. The Kier molecular flexibility index (Phi) is 21.6. The molecule has 398 valence electrons. The number of ether oxygens (including phenoxy) is 7. The van der Waals surface area contributed by atoms with Crippen molar-refractivity contribution < 1.29 is 62.2 Å². The molecule has 1 N–H and O–H groups in total. The number of aliphatic hydroxyl groups excluding tert-OH is 1. The Morgan fingerprint density at radius 1 is 0.587 bits per heavy atom. The lowest BCUT2D eigenvalue weighted by molar-refractivity contribution is -0.145. The van der Waals surface area contributed by atoms with E-state index in [1.807, 2.05) is 35.9 Å². The van der Waals surface area contributed by atoms with Gasteiger partial charge in [0.05, 0.1) is 59.9 Å². The predicted octanol–water partition coefficient (Wildman–Crippen LogP) is 10.4. The van der Waals surface area contributed by atoms with Crippen LogP contribution in [0.15, 0.2) is 114 Å². The fourth-order valence-corrected chi connectivity index (χ4v) is 9.94. The van der Waals surface area contributed by atoms with Crippen LogP contribution in [-0.2, 0) is 35.8 Å². The van der Waals surface area contributed by atoms with Crippen molar-refractivity contribution in [2.75, 3.05) is 26.4 Å². The SMILES string of the molecule is C=CC(=O)OCCCCCCOc1ccc(OC(=O)C2CCC(C(=O)Oc3ccc(OC(=O)C4CCC(C(=O)Oc5ccc(OCCCCCCO)cc5)CC4)cc3/C=N/N=c3/sc4ccccc4n3C)CC2)cc1. The molecule has 0 bridgehead atoms. The molecular weight excluding hydrogens is 979 g/mol. The summed E-state index contributed by atoms with van der Waals surface area (Å²) in [4.78, 5) is 65.3. The van der Waals surface area contributed by atoms with E-state index in [-0.39, 0.29) is 41.9 Å². The molecular formula is C58H67N3O13S. The summed E-state index contributed by atoms with van der Waals surface area (Å²) in [5, 5.41) is 17.8. The highest BCUT2D eigenvalue weighted by atomic mass is 32.1. The molecule has 1 aromatic heterocycles. The van der Waals surface area contributed by atoms with Crippen molar-refractivity contribution in [1.29, 1.82) is 0 Å². The van der Waals surface area contributed by atoms with Crippen LogP contribution in [0.3, 0.4) is 0 Å². The summed E-state index contributed by atoms with van der Waals surface area (Å²) >= 11 is 1.48. The average molecular weight is 1050 g/mol. The van der Waals surface area contributed by atoms with Crippen LogP contribution in [-0.4, -0.2) is 72.2 Å². The third-order valence-electron chi connectivity index (χ3n) is 13.4. The van der Waals surface area contributed by atoms with E-state index in [1.54, 1.807) is 66.7 Å². The molecule has 0 amide bonds. The van der Waals surface area contributed by atoms with Crippen LogP contribution in [0.25, 0.3) is 10.2 Å². The Hall–Kier alpha value is -7.11. The molecule has 2 saturated carbocycles. The molecule has 1 heterocycles. The molecule has 2 aliphatic carbocycles. The van der Waals surface area contributed by atoms with Gasteiger partial charge in [-0.15, -0.1) is 5.10 Å². The van der Waals surface area contributed by atoms with Crippen molar-refractivity contribution >= 4 is 57.6 Å². The van der Waals surface area contributed by atoms with Crippen LogP contribution in [0, 0.1) is 23.7 Å². The van der Waals surface area contributed by atoms with E-state index < -0.39 is 29.7 Å². The summed E-state index contributed by atoms with van der Waals surface area (Å²) in [7, 11) is 1.90. The van der Waals surface area contributed by atoms with Gasteiger partial charge >= 0.3 is 29.8 Å². The summed E-state index contributed by atoms with van der Waals surface area (Å²) in [6, 6.07) is 26.5. The molecule has 0 radical (unpaired) electrons. The van der Waals surface area contributed by atoms with Gasteiger partial charge in [-0.1, -0.05) is 36.5 Å². The third kappa shape index (κ3) is 17.2. The number of hydrogen-bond donors (Lipinski definition) is 1. The van der Waals surface area contributed by atoms with Gasteiger partial charge in [0, 0.05) is 25.3 Å². The van der Waals surface area contributed by atoms with Gasteiger partial charge in [0.15, 0.2) is 0 Å². The number of fused-ring (bicyclic) bond motifs is 1. The van der Waals surface area contributed by atoms with Crippen molar-refractivity contribution in [3.05, 3.63) is 114 Å². The first kappa shape index (κ1) is 55.6. The van der Waals surface area contributed by atoms with E-state index in [2.05, 4.69) is 16.8 Å². The minimum Gasteiger partial charge on any atom is -0.494 e. The topological polar surface area (TPSA) is 200 Å². The van der Waals surface area contributed by atoms with Gasteiger partial charge in [0.2, 0.25) is 4.80 Å². The fraction of sp³-hybridized carbons (Fsp3) is 0.431. The van der Waals surface area contributed by atoms with Crippen LogP contribution >= 0.6 is 11.3 Å².